The maximum Gasteiger partial charge on any atom is 0.329 e. The molecule has 10 nitrogen and oxygen atoms in total. The van der Waals surface area contributed by atoms with E-state index in [1.807, 2.05) is 33.8 Å². The van der Waals surface area contributed by atoms with E-state index >= 15 is 0 Å². The molecule has 2 amide bonds. The van der Waals surface area contributed by atoms with Gasteiger partial charge in [-0.25, -0.2) is 14.8 Å². The van der Waals surface area contributed by atoms with Gasteiger partial charge in [0.05, 0.1) is 17.5 Å². The molecule has 0 bridgehead atoms. The van der Waals surface area contributed by atoms with Gasteiger partial charge in [-0.15, -0.1) is 0 Å². The van der Waals surface area contributed by atoms with Crippen molar-refractivity contribution in [3.63, 3.8) is 0 Å². The van der Waals surface area contributed by atoms with Crippen LogP contribution in [0, 0.1) is 6.92 Å². The fraction of sp³-hybridized carbons (Fsp3) is 0.391. The fourth-order valence-corrected chi connectivity index (χ4v) is 3.47. The highest BCUT2D eigenvalue weighted by Crippen LogP contribution is 2.21. The first-order chi connectivity index (χ1) is 15.6. The predicted molar refractivity (Wildman–Crippen MR) is 126 cm³/mol. The van der Waals surface area contributed by atoms with Gasteiger partial charge in [-0.1, -0.05) is 20.8 Å². The van der Waals surface area contributed by atoms with Crippen molar-refractivity contribution < 1.29 is 9.59 Å². The molecule has 0 unspecified atom stereocenters. The lowest BCUT2D eigenvalue weighted by molar-refractivity contribution is -0.116. The Balaban J connectivity index is 2.01. The average Bonchev–Trinajstić information content (AvgIpc) is 2.74. The molecule has 3 heterocycles. The highest BCUT2D eigenvalue weighted by molar-refractivity contribution is 6.06. The Morgan fingerprint density at radius 1 is 1.24 bits per heavy atom. The Hall–Kier alpha value is -3.82. The zero-order valence-electron chi connectivity index (χ0n) is 19.4. The van der Waals surface area contributed by atoms with Crippen molar-refractivity contribution in [1.82, 2.24) is 24.4 Å². The highest BCUT2D eigenvalue weighted by Gasteiger charge is 2.23. The number of anilines is 1. The summed E-state index contributed by atoms with van der Waals surface area (Å²) in [5.74, 6) is -0.615. The predicted octanol–water partition coefficient (Wildman–Crippen LogP) is 2.03. The molecule has 3 aromatic heterocycles. The number of nitrogens with zero attached hydrogens (tertiary/aromatic N) is 4. The minimum Gasteiger partial charge on any atom is -0.332 e. The van der Waals surface area contributed by atoms with Crippen molar-refractivity contribution >= 4 is 28.7 Å². The third kappa shape index (κ3) is 5.16. The second kappa shape index (κ2) is 9.76. The number of amides is 2. The number of carbonyl (C=O) groups excluding carboxylic acids is 2. The Labute approximate surface area is 190 Å². The van der Waals surface area contributed by atoms with E-state index in [4.69, 9.17) is 0 Å². The molecule has 0 fully saturated rings. The maximum atomic E-state index is 13.3. The molecule has 2 N–H and O–H groups in total. The number of hydrogen-bond donors (Lipinski definition) is 2. The number of H-pyrrole nitrogens is 1. The van der Waals surface area contributed by atoms with Crippen LogP contribution in [0.15, 0.2) is 34.0 Å². The van der Waals surface area contributed by atoms with Gasteiger partial charge in [-0.3, -0.25) is 23.9 Å². The maximum absolute atomic E-state index is 13.3. The zero-order chi connectivity index (χ0) is 24.3. The summed E-state index contributed by atoms with van der Waals surface area (Å²) in [7, 11) is 1.48. The smallest absolute Gasteiger partial charge is 0.329 e. The number of pyridine rings is 2. The van der Waals surface area contributed by atoms with E-state index < -0.39 is 23.1 Å². The van der Waals surface area contributed by atoms with E-state index in [1.54, 1.807) is 18.3 Å². The van der Waals surface area contributed by atoms with Crippen LogP contribution in [-0.4, -0.2) is 49.8 Å². The Morgan fingerprint density at radius 2 is 1.97 bits per heavy atom. The van der Waals surface area contributed by atoms with Gasteiger partial charge in [-0.2, -0.15) is 0 Å². The fourth-order valence-electron chi connectivity index (χ4n) is 3.47. The number of carbonyl (C=O) groups is 2. The number of likely N-dealkylation sites (N-methyl/N-ethyl adjacent to an activating group) is 1. The Bertz CT molecular complexity index is 1320. The van der Waals surface area contributed by atoms with Gasteiger partial charge < -0.3 is 10.2 Å². The van der Waals surface area contributed by atoms with Gasteiger partial charge in [0.1, 0.15) is 5.82 Å². The van der Waals surface area contributed by atoms with Crippen LogP contribution in [0.3, 0.4) is 0 Å². The summed E-state index contributed by atoms with van der Waals surface area (Å²) in [4.78, 5) is 63.1. The van der Waals surface area contributed by atoms with Crippen LogP contribution in [0.2, 0.25) is 0 Å². The summed E-state index contributed by atoms with van der Waals surface area (Å²) >= 11 is 0. The zero-order valence-corrected chi connectivity index (χ0v) is 19.4. The molecule has 0 aliphatic rings. The normalized spacial score (nSPS) is 11.1. The first-order valence-electron chi connectivity index (χ1n) is 10.8. The molecule has 0 aromatic carbocycles. The molecule has 0 aliphatic heterocycles. The first-order valence-corrected chi connectivity index (χ1v) is 10.8. The average molecular weight is 453 g/mol. The Kier molecular flexibility index (Phi) is 7.05. The van der Waals surface area contributed by atoms with Crippen LogP contribution < -0.4 is 16.6 Å². The van der Waals surface area contributed by atoms with Crippen molar-refractivity contribution in [3.05, 3.63) is 62.1 Å². The second-order valence-electron chi connectivity index (χ2n) is 8.29. The minimum atomic E-state index is -0.685. The molecule has 0 spiro atoms. The van der Waals surface area contributed by atoms with Crippen molar-refractivity contribution in [2.45, 2.75) is 46.6 Å². The molecule has 0 saturated heterocycles. The van der Waals surface area contributed by atoms with Crippen molar-refractivity contribution in [1.29, 1.82) is 0 Å². The monoisotopic (exact) mass is 452 g/mol. The van der Waals surface area contributed by atoms with Crippen LogP contribution >= 0.6 is 0 Å². The van der Waals surface area contributed by atoms with Crippen LogP contribution in [0.5, 0.6) is 0 Å². The first kappa shape index (κ1) is 23.8. The standard InChI is InChI=1S/C23H28N6O4/c1-6-9-29-20-19(21(31)27-23(29)33)15(11-16(25-20)13(2)3)22(32)28(5)12-18(30)26-17-10-14(4)7-8-24-17/h7-8,10-11,13H,6,9,12H2,1-5H3,(H,24,26,30)(H,27,31,33). The molecular weight excluding hydrogens is 424 g/mol. The van der Waals surface area contributed by atoms with E-state index in [0.717, 1.165) is 5.56 Å². The van der Waals surface area contributed by atoms with Crippen molar-refractivity contribution in [2.24, 2.45) is 0 Å². The van der Waals surface area contributed by atoms with Gasteiger partial charge in [-0.05, 0) is 43.0 Å². The van der Waals surface area contributed by atoms with Gasteiger partial charge >= 0.3 is 5.69 Å². The molecule has 0 aliphatic carbocycles. The summed E-state index contributed by atoms with van der Waals surface area (Å²) in [6, 6.07) is 5.08. The molecule has 33 heavy (non-hydrogen) atoms. The molecule has 0 atom stereocenters. The van der Waals surface area contributed by atoms with Gasteiger partial charge in [0, 0.05) is 25.5 Å². The lowest BCUT2D eigenvalue weighted by Gasteiger charge is -2.19. The molecule has 3 rings (SSSR count). The van der Waals surface area contributed by atoms with E-state index in [0.29, 0.717) is 24.5 Å². The molecule has 174 valence electrons. The summed E-state index contributed by atoms with van der Waals surface area (Å²) in [6.45, 7) is 7.69. The summed E-state index contributed by atoms with van der Waals surface area (Å²) in [5, 5.41) is 2.69. The van der Waals surface area contributed by atoms with Crippen molar-refractivity contribution in [3.8, 4) is 0 Å². The van der Waals surface area contributed by atoms with Crippen LogP contribution in [0.1, 0.15) is 54.7 Å². The van der Waals surface area contributed by atoms with E-state index in [9.17, 15) is 19.2 Å². The van der Waals surface area contributed by atoms with E-state index in [1.165, 1.54) is 16.5 Å². The summed E-state index contributed by atoms with van der Waals surface area (Å²) in [6.07, 6.45) is 2.23. The largest absolute Gasteiger partial charge is 0.332 e. The molecular formula is C23H28N6O4. The van der Waals surface area contributed by atoms with Crippen molar-refractivity contribution in [2.75, 3.05) is 18.9 Å². The molecule has 10 heteroatoms. The molecule has 0 radical (unpaired) electrons. The van der Waals surface area contributed by atoms with E-state index in [-0.39, 0.29) is 29.1 Å². The SMILES string of the molecule is CCCn1c(=O)[nH]c(=O)c2c(C(=O)N(C)CC(=O)Nc3cc(C)ccn3)cc(C(C)C)nc21. The number of aryl methyl sites for hydroxylation is 2. The van der Waals surface area contributed by atoms with E-state index in [2.05, 4.69) is 20.3 Å². The third-order valence-electron chi connectivity index (χ3n) is 5.15. The number of hydrogen-bond acceptors (Lipinski definition) is 6. The van der Waals surface area contributed by atoms with Gasteiger partial charge in [0.15, 0.2) is 5.65 Å². The highest BCUT2D eigenvalue weighted by atomic mass is 16.2. The number of fused-ring (bicyclic) bond motifs is 1. The third-order valence-corrected chi connectivity index (χ3v) is 5.15. The minimum absolute atomic E-state index is 0.0325. The second-order valence-corrected chi connectivity index (χ2v) is 8.29. The lowest BCUT2D eigenvalue weighted by atomic mass is 10.0. The number of nitrogens with one attached hydrogen (secondary N) is 2. The quantitative estimate of drug-likeness (QED) is 0.564. The van der Waals surface area contributed by atoms with Crippen LogP contribution in [0.4, 0.5) is 5.82 Å². The Morgan fingerprint density at radius 3 is 2.61 bits per heavy atom. The lowest BCUT2D eigenvalue weighted by Crippen LogP contribution is -2.37. The number of rotatable bonds is 7. The molecule has 3 aromatic rings. The summed E-state index contributed by atoms with van der Waals surface area (Å²) in [5.41, 5.74) is 0.518. The van der Waals surface area contributed by atoms with Gasteiger partial charge in [0.25, 0.3) is 11.5 Å². The van der Waals surface area contributed by atoms with Crippen LogP contribution in [-0.2, 0) is 11.3 Å². The molecule has 0 saturated carbocycles. The topological polar surface area (TPSA) is 130 Å². The van der Waals surface area contributed by atoms with Crippen LogP contribution in [0.25, 0.3) is 11.0 Å². The number of aromatic nitrogens is 4. The van der Waals surface area contributed by atoms with Gasteiger partial charge in [0.2, 0.25) is 5.91 Å². The summed E-state index contributed by atoms with van der Waals surface area (Å²) < 4.78 is 1.37. The number of aromatic amines is 1.